The minimum absolute atomic E-state index is 0.0221. The zero-order chi connectivity index (χ0) is 34.2. The molecule has 2 aromatic rings. The van der Waals surface area contributed by atoms with Crippen LogP contribution in [-0.2, 0) is 31.5 Å². The molecule has 244 valence electrons. The standard InChI is InChI=1S/C33H22BrF6NO6/c1-47-26-8-14(3-7-24(26)42)2-4-19-18-5-6-20-28(21(18)12-22-27(19)25(43)13-23(34)29(22)44)31(46)41(30(20)45)17-10-15(32(35,36)37)9-16(11-17)33(38,39)40/h2-5,7-11,13,19-21,28,42H,6,12H2,1H3/t19-,20-,21+,28-/m0/s1. The fourth-order valence-corrected chi connectivity index (χ4v) is 7.26. The molecule has 1 fully saturated rings. The number of carbonyl (C=O) groups is 4. The summed E-state index contributed by atoms with van der Waals surface area (Å²) in [6, 6.07) is 5.07. The minimum Gasteiger partial charge on any atom is -0.504 e. The second kappa shape index (κ2) is 11.4. The maximum atomic E-state index is 14.0. The van der Waals surface area contributed by atoms with Gasteiger partial charge in [-0.05, 0) is 70.6 Å². The smallest absolute Gasteiger partial charge is 0.416 e. The van der Waals surface area contributed by atoms with E-state index in [0.717, 1.165) is 6.08 Å². The molecule has 4 atom stereocenters. The highest BCUT2D eigenvalue weighted by Gasteiger charge is 2.56. The summed E-state index contributed by atoms with van der Waals surface area (Å²) in [4.78, 5) is 54.5. The van der Waals surface area contributed by atoms with Gasteiger partial charge in [0.05, 0.1) is 40.2 Å². The normalized spacial score (nSPS) is 24.7. The third-order valence-electron chi connectivity index (χ3n) is 8.89. The molecule has 7 nitrogen and oxygen atoms in total. The molecule has 3 aliphatic carbocycles. The SMILES string of the molecule is COc1cc(C=C[C@H]2C3=CC[C@@H]4C(=O)N(c5cc(C(F)(F)F)cc(C(F)(F)F)c5)C(=O)[C@@H]4[C@@H]3CC3=C2C(=O)C=C(Br)C3=O)ccc1O. The van der Waals surface area contributed by atoms with Crippen LogP contribution in [0.5, 0.6) is 11.5 Å². The van der Waals surface area contributed by atoms with Crippen LogP contribution in [0.3, 0.4) is 0 Å². The first kappa shape index (κ1) is 32.5. The number of hydrogen-bond donors (Lipinski definition) is 1. The van der Waals surface area contributed by atoms with Crippen LogP contribution in [0.1, 0.15) is 29.5 Å². The van der Waals surface area contributed by atoms with Crippen LogP contribution in [0.15, 0.2) is 75.8 Å². The van der Waals surface area contributed by atoms with E-state index in [1.165, 1.54) is 19.2 Å². The molecule has 0 bridgehead atoms. The van der Waals surface area contributed by atoms with Gasteiger partial charge in [0.25, 0.3) is 0 Å². The third-order valence-corrected chi connectivity index (χ3v) is 9.48. The first-order valence-corrected chi connectivity index (χ1v) is 14.9. The summed E-state index contributed by atoms with van der Waals surface area (Å²) in [5.74, 6) is -6.98. The van der Waals surface area contributed by atoms with Gasteiger partial charge >= 0.3 is 12.4 Å². The van der Waals surface area contributed by atoms with E-state index < -0.39 is 76.2 Å². The number of methoxy groups -OCH3 is 1. The fraction of sp³-hybridized carbons (Fsp3) is 0.273. The number of nitrogens with zero attached hydrogens (tertiary/aromatic N) is 1. The Bertz CT molecular complexity index is 1860. The van der Waals surface area contributed by atoms with E-state index in [9.17, 15) is 50.6 Å². The molecule has 1 N–H and O–H groups in total. The number of ketones is 2. The average molecular weight is 722 g/mol. The molecule has 1 saturated heterocycles. The van der Waals surface area contributed by atoms with Gasteiger partial charge in [-0.2, -0.15) is 26.3 Å². The van der Waals surface area contributed by atoms with Crippen LogP contribution < -0.4 is 9.64 Å². The lowest BCUT2D eigenvalue weighted by Gasteiger charge is -2.41. The zero-order valence-corrected chi connectivity index (χ0v) is 25.7. The van der Waals surface area contributed by atoms with Crippen molar-refractivity contribution in [1.29, 1.82) is 0 Å². The lowest BCUT2D eigenvalue weighted by atomic mass is 9.61. The number of aromatic hydroxyl groups is 1. The molecule has 4 aliphatic rings. The van der Waals surface area contributed by atoms with E-state index in [0.29, 0.717) is 28.2 Å². The predicted octanol–water partition coefficient (Wildman–Crippen LogP) is 6.95. The van der Waals surface area contributed by atoms with Gasteiger partial charge in [0, 0.05) is 23.1 Å². The van der Waals surface area contributed by atoms with Crippen molar-refractivity contribution in [2.45, 2.75) is 25.2 Å². The van der Waals surface area contributed by atoms with E-state index in [1.807, 2.05) is 0 Å². The van der Waals surface area contributed by atoms with Crippen molar-refractivity contribution in [3.05, 3.63) is 92.5 Å². The number of phenols is 1. The van der Waals surface area contributed by atoms with Gasteiger partial charge in [-0.3, -0.25) is 19.2 Å². The fourth-order valence-electron chi connectivity index (χ4n) is 6.81. The first-order chi connectivity index (χ1) is 22.0. The van der Waals surface area contributed by atoms with Crippen LogP contribution in [0.2, 0.25) is 0 Å². The van der Waals surface area contributed by atoms with Gasteiger partial charge in [-0.1, -0.05) is 29.9 Å². The Morgan fingerprint density at radius 2 is 1.60 bits per heavy atom. The summed E-state index contributed by atoms with van der Waals surface area (Å²) in [5, 5.41) is 9.96. The number of carbonyl (C=O) groups excluding carboxylic acids is 4. The van der Waals surface area contributed by atoms with Crippen molar-refractivity contribution >= 4 is 51.1 Å². The molecule has 2 aromatic carbocycles. The zero-order valence-electron chi connectivity index (χ0n) is 24.1. The summed E-state index contributed by atoms with van der Waals surface area (Å²) in [7, 11) is 1.36. The van der Waals surface area contributed by atoms with Gasteiger partial charge in [-0.15, -0.1) is 0 Å². The number of alkyl halides is 6. The van der Waals surface area contributed by atoms with Gasteiger partial charge in [0.1, 0.15) is 0 Å². The number of benzene rings is 2. The number of ether oxygens (including phenoxy) is 1. The van der Waals surface area contributed by atoms with Crippen molar-refractivity contribution in [3.8, 4) is 11.5 Å². The molecule has 1 aliphatic heterocycles. The molecule has 0 spiro atoms. The van der Waals surface area contributed by atoms with E-state index in [4.69, 9.17) is 4.74 Å². The van der Waals surface area contributed by atoms with Crippen molar-refractivity contribution in [2.24, 2.45) is 23.7 Å². The highest BCUT2D eigenvalue weighted by molar-refractivity contribution is 9.12. The largest absolute Gasteiger partial charge is 0.504 e. The van der Waals surface area contributed by atoms with Gasteiger partial charge in [0.2, 0.25) is 11.8 Å². The number of anilines is 1. The summed E-state index contributed by atoms with van der Waals surface area (Å²) in [6.45, 7) is 0. The van der Waals surface area contributed by atoms with Gasteiger partial charge in [-0.25, -0.2) is 4.90 Å². The monoisotopic (exact) mass is 721 g/mol. The molecule has 47 heavy (non-hydrogen) atoms. The molecule has 0 radical (unpaired) electrons. The van der Waals surface area contributed by atoms with Crippen LogP contribution in [0, 0.1) is 23.7 Å². The maximum absolute atomic E-state index is 14.0. The van der Waals surface area contributed by atoms with Crippen molar-refractivity contribution in [3.63, 3.8) is 0 Å². The van der Waals surface area contributed by atoms with E-state index in [2.05, 4.69) is 15.9 Å². The Labute approximate surface area is 271 Å². The minimum atomic E-state index is -5.20. The molecule has 0 aromatic heterocycles. The lowest BCUT2D eigenvalue weighted by Crippen LogP contribution is -2.40. The number of imide groups is 1. The molecule has 0 unspecified atom stereocenters. The van der Waals surface area contributed by atoms with Crippen molar-refractivity contribution in [1.82, 2.24) is 0 Å². The van der Waals surface area contributed by atoms with Gasteiger partial charge < -0.3 is 9.84 Å². The highest BCUT2D eigenvalue weighted by Crippen LogP contribution is 2.54. The molecule has 6 rings (SSSR count). The summed E-state index contributed by atoms with van der Waals surface area (Å²) in [6.07, 6.45) is -4.62. The number of allylic oxidation sites excluding steroid dienone is 7. The van der Waals surface area contributed by atoms with E-state index >= 15 is 0 Å². The second-order valence-corrected chi connectivity index (χ2v) is 12.4. The van der Waals surface area contributed by atoms with Crippen molar-refractivity contribution in [2.75, 3.05) is 12.0 Å². The number of fused-ring (bicyclic) bond motifs is 3. The lowest BCUT2D eigenvalue weighted by molar-refractivity contribution is -0.143. The summed E-state index contributed by atoms with van der Waals surface area (Å²) in [5.41, 5.74) is -2.91. The Balaban J connectivity index is 1.43. The molecule has 1 heterocycles. The number of hydrogen-bond acceptors (Lipinski definition) is 6. The number of rotatable bonds is 4. The number of phenolic OH excluding ortho intramolecular Hbond substituents is 1. The van der Waals surface area contributed by atoms with Crippen LogP contribution >= 0.6 is 15.9 Å². The predicted molar refractivity (Wildman–Crippen MR) is 158 cm³/mol. The highest BCUT2D eigenvalue weighted by atomic mass is 79.9. The number of amides is 2. The third kappa shape index (κ3) is 5.51. The van der Waals surface area contributed by atoms with Crippen LogP contribution in [0.4, 0.5) is 32.0 Å². The first-order valence-electron chi connectivity index (χ1n) is 14.1. The maximum Gasteiger partial charge on any atom is 0.416 e. The molecular weight excluding hydrogens is 700 g/mol. The van der Waals surface area contributed by atoms with Gasteiger partial charge in [0.15, 0.2) is 23.1 Å². The summed E-state index contributed by atoms with van der Waals surface area (Å²) < 4.78 is 86.9. The van der Waals surface area contributed by atoms with E-state index in [-0.39, 0.29) is 46.0 Å². The topological polar surface area (TPSA) is 101 Å². The molecule has 14 heteroatoms. The molecular formula is C33H22BrF6NO6. The Kier molecular flexibility index (Phi) is 7.85. The van der Waals surface area contributed by atoms with E-state index in [1.54, 1.807) is 24.3 Å². The number of Topliss-reactive ketones (excluding diaryl/α,β-unsaturated/α-hetero) is 1. The Hall–Kier alpha value is -4.46. The summed E-state index contributed by atoms with van der Waals surface area (Å²) >= 11 is 3.10. The molecule has 2 amide bonds. The number of halogens is 7. The average Bonchev–Trinajstić information content (AvgIpc) is 3.27. The quantitative estimate of drug-likeness (QED) is 0.159. The molecule has 0 saturated carbocycles. The Morgan fingerprint density at radius 3 is 2.21 bits per heavy atom. The van der Waals surface area contributed by atoms with Crippen LogP contribution in [-0.4, -0.2) is 35.6 Å². The van der Waals surface area contributed by atoms with Crippen molar-refractivity contribution < 1.29 is 55.4 Å². The Morgan fingerprint density at radius 1 is 0.936 bits per heavy atom. The second-order valence-electron chi connectivity index (χ2n) is 11.5. The van der Waals surface area contributed by atoms with Crippen LogP contribution in [0.25, 0.3) is 6.08 Å².